The number of hydrogen-bond acceptors (Lipinski definition) is 6. The average Bonchev–Trinajstić information content (AvgIpc) is 3.08. The first-order chi connectivity index (χ1) is 12.5. The molecule has 150 valence electrons. The van der Waals surface area contributed by atoms with Crippen molar-refractivity contribution < 1.29 is 14.3 Å². The molecule has 2 aromatic rings. The van der Waals surface area contributed by atoms with E-state index < -0.39 is 26.8 Å². The second-order valence-corrected chi connectivity index (χ2v) is 13.5. The first-order valence-corrected chi connectivity index (χ1v) is 12.3. The minimum atomic E-state index is -2.16. The van der Waals surface area contributed by atoms with Crippen molar-refractivity contribution in [1.82, 2.24) is 19.5 Å². The molecule has 0 spiro atoms. The Balaban J connectivity index is 2.06. The van der Waals surface area contributed by atoms with E-state index >= 15 is 0 Å². The summed E-state index contributed by atoms with van der Waals surface area (Å²) >= 11 is 0. The van der Waals surface area contributed by atoms with Gasteiger partial charge in [-0.25, -0.2) is 9.97 Å². The van der Waals surface area contributed by atoms with E-state index in [0.717, 1.165) is 0 Å². The van der Waals surface area contributed by atoms with Gasteiger partial charge in [-0.3, -0.25) is 9.36 Å². The number of nitrogens with one attached hydrogen (secondary N) is 1. The maximum atomic E-state index is 12.2. The zero-order valence-corrected chi connectivity index (χ0v) is 18.1. The maximum Gasteiger partial charge on any atom is 0.279 e. The van der Waals surface area contributed by atoms with Gasteiger partial charge in [-0.05, 0) is 31.5 Å². The lowest BCUT2D eigenvalue weighted by Crippen LogP contribution is -2.48. The van der Waals surface area contributed by atoms with Crippen LogP contribution in [0.4, 0.5) is 0 Å². The zero-order valence-electron chi connectivity index (χ0n) is 17.1. The van der Waals surface area contributed by atoms with Gasteiger partial charge >= 0.3 is 0 Å². The molecular formula is C18H30N4O4Si. The van der Waals surface area contributed by atoms with Gasteiger partial charge in [0.2, 0.25) is 0 Å². The Morgan fingerprint density at radius 1 is 1.41 bits per heavy atom. The van der Waals surface area contributed by atoms with Crippen molar-refractivity contribution in [3.63, 3.8) is 0 Å². The number of hydrogen-bond donors (Lipinski definition) is 2. The number of fused-ring (bicyclic) bond motifs is 1. The molecule has 3 rings (SSSR count). The van der Waals surface area contributed by atoms with Gasteiger partial charge in [0.05, 0.1) is 12.4 Å². The second-order valence-electron chi connectivity index (χ2n) is 8.78. The third kappa shape index (κ3) is 3.49. The topological polar surface area (TPSA) is 102 Å². The standard InChI is InChI=1S/C18H30N4O4Si/c1-8-11-13(23)14(26-27(6,7)18(3,4)5)17(25-11)22-9-19-12-15(22)20-10(2)21-16(12)24/h9,11,13-14,17,23H,8H2,1-7H3,(H,20,21,24)/t11-,13?,14+,17-/m1/s1. The molecule has 1 aliphatic heterocycles. The van der Waals surface area contributed by atoms with Gasteiger partial charge in [0.25, 0.3) is 5.56 Å². The van der Waals surface area contributed by atoms with Crippen molar-refractivity contribution >= 4 is 19.5 Å². The number of imidazole rings is 1. The predicted molar refractivity (Wildman–Crippen MR) is 105 cm³/mol. The third-order valence-electron chi connectivity index (χ3n) is 5.78. The smallest absolute Gasteiger partial charge is 0.279 e. The van der Waals surface area contributed by atoms with Crippen molar-refractivity contribution in [2.75, 3.05) is 0 Å². The fourth-order valence-corrected chi connectivity index (χ4v) is 4.44. The Bertz CT molecular complexity index is 886. The minimum absolute atomic E-state index is 0.00936. The molecule has 0 radical (unpaired) electrons. The van der Waals surface area contributed by atoms with Crippen molar-refractivity contribution in [1.29, 1.82) is 0 Å². The summed E-state index contributed by atoms with van der Waals surface area (Å²) in [5.41, 5.74) is 0.405. The van der Waals surface area contributed by atoms with Crippen LogP contribution in [0.3, 0.4) is 0 Å². The van der Waals surface area contributed by atoms with E-state index in [4.69, 9.17) is 9.16 Å². The van der Waals surface area contributed by atoms with Gasteiger partial charge in [-0.15, -0.1) is 0 Å². The fourth-order valence-electron chi connectivity index (χ4n) is 3.15. The van der Waals surface area contributed by atoms with Gasteiger partial charge in [-0.2, -0.15) is 0 Å². The summed E-state index contributed by atoms with van der Waals surface area (Å²) in [5.74, 6) is 0.502. The first kappa shape index (κ1) is 20.2. The summed E-state index contributed by atoms with van der Waals surface area (Å²) in [7, 11) is -2.16. The van der Waals surface area contributed by atoms with Crippen LogP contribution in [0.15, 0.2) is 11.1 Å². The Hall–Kier alpha value is -1.55. The van der Waals surface area contributed by atoms with E-state index in [0.29, 0.717) is 17.9 Å². The largest absolute Gasteiger partial charge is 0.407 e. The number of rotatable bonds is 4. The molecular weight excluding hydrogens is 364 g/mol. The summed E-state index contributed by atoms with van der Waals surface area (Å²) in [6, 6.07) is 0. The number of aliphatic hydroxyl groups excluding tert-OH is 1. The molecule has 0 amide bonds. The summed E-state index contributed by atoms with van der Waals surface area (Å²) in [6.07, 6.45) is -0.0224. The van der Waals surface area contributed by atoms with Gasteiger partial charge in [0.1, 0.15) is 18.0 Å². The fraction of sp³-hybridized carbons (Fsp3) is 0.722. The summed E-state index contributed by atoms with van der Waals surface area (Å²) in [4.78, 5) is 23.5. The molecule has 9 heteroatoms. The Morgan fingerprint density at radius 3 is 2.67 bits per heavy atom. The van der Waals surface area contributed by atoms with Crippen LogP contribution >= 0.6 is 0 Å². The molecule has 2 aromatic heterocycles. The van der Waals surface area contributed by atoms with E-state index in [1.165, 1.54) is 0 Å². The highest BCUT2D eigenvalue weighted by Crippen LogP contribution is 2.42. The Kier molecular flexibility index (Phi) is 5.09. The van der Waals surface area contributed by atoms with Gasteiger partial charge in [-0.1, -0.05) is 27.7 Å². The molecule has 2 N–H and O–H groups in total. The molecule has 0 aliphatic carbocycles. The number of ether oxygens (including phenoxy) is 1. The minimum Gasteiger partial charge on any atom is -0.407 e. The van der Waals surface area contributed by atoms with Crippen LogP contribution in [0.1, 0.15) is 46.2 Å². The van der Waals surface area contributed by atoms with Crippen LogP contribution in [0.25, 0.3) is 11.2 Å². The van der Waals surface area contributed by atoms with Crippen LogP contribution < -0.4 is 5.56 Å². The van der Waals surface area contributed by atoms with E-state index in [-0.39, 0.29) is 22.2 Å². The SMILES string of the molecule is CC[C@H]1O[C@@H](n2cnc3c(=O)[nH]c(C)nc32)[C@@H](O[Si](C)(C)C(C)(C)C)C1O. The molecule has 0 bridgehead atoms. The van der Waals surface area contributed by atoms with Crippen molar-refractivity contribution in [3.8, 4) is 0 Å². The molecule has 3 heterocycles. The lowest BCUT2D eigenvalue weighted by Gasteiger charge is -2.40. The second kappa shape index (κ2) is 6.80. The highest BCUT2D eigenvalue weighted by molar-refractivity contribution is 6.74. The summed E-state index contributed by atoms with van der Waals surface area (Å²) < 4.78 is 14.4. The van der Waals surface area contributed by atoms with Crippen molar-refractivity contribution in [2.24, 2.45) is 0 Å². The quantitative estimate of drug-likeness (QED) is 0.773. The molecule has 1 aliphatic rings. The van der Waals surface area contributed by atoms with E-state index in [2.05, 4.69) is 48.8 Å². The first-order valence-electron chi connectivity index (χ1n) is 9.41. The molecule has 1 fully saturated rings. The van der Waals surface area contributed by atoms with E-state index in [1.54, 1.807) is 17.8 Å². The Labute approximate surface area is 160 Å². The molecule has 0 aromatic carbocycles. The molecule has 1 unspecified atom stereocenters. The maximum absolute atomic E-state index is 12.2. The van der Waals surface area contributed by atoms with Crippen molar-refractivity contribution in [2.45, 2.75) is 83.7 Å². The zero-order chi connectivity index (χ0) is 20.1. The molecule has 0 saturated carbocycles. The van der Waals surface area contributed by atoms with Gasteiger partial charge < -0.3 is 19.3 Å². The molecule has 4 atom stereocenters. The normalized spacial score (nSPS) is 26.8. The number of H-pyrrole nitrogens is 1. The van der Waals surface area contributed by atoms with Crippen molar-refractivity contribution in [3.05, 3.63) is 22.5 Å². The number of aliphatic hydroxyl groups is 1. The number of aromatic amines is 1. The molecule has 8 nitrogen and oxygen atoms in total. The highest BCUT2D eigenvalue weighted by atomic mass is 28.4. The monoisotopic (exact) mass is 394 g/mol. The van der Waals surface area contributed by atoms with Gasteiger partial charge in [0.15, 0.2) is 25.7 Å². The highest BCUT2D eigenvalue weighted by Gasteiger charge is 2.50. The van der Waals surface area contributed by atoms with Crippen LogP contribution in [0, 0.1) is 6.92 Å². The average molecular weight is 395 g/mol. The summed E-state index contributed by atoms with van der Waals surface area (Å²) in [6.45, 7) is 14.5. The van der Waals surface area contributed by atoms with E-state index in [1.807, 2.05) is 6.92 Å². The Morgan fingerprint density at radius 2 is 2.07 bits per heavy atom. The number of aromatic nitrogens is 4. The number of aryl methyl sites for hydroxylation is 1. The lowest BCUT2D eigenvalue weighted by molar-refractivity contribution is -0.0325. The summed E-state index contributed by atoms with van der Waals surface area (Å²) in [5, 5.41) is 10.9. The molecule has 1 saturated heterocycles. The molecule has 27 heavy (non-hydrogen) atoms. The predicted octanol–water partition coefficient (Wildman–Crippen LogP) is 2.49. The third-order valence-corrected chi connectivity index (χ3v) is 10.3. The number of nitrogens with zero attached hydrogens (tertiary/aromatic N) is 3. The van der Waals surface area contributed by atoms with E-state index in [9.17, 15) is 9.90 Å². The van der Waals surface area contributed by atoms with Gasteiger partial charge in [0, 0.05) is 0 Å². The lowest BCUT2D eigenvalue weighted by atomic mass is 10.1. The van der Waals surface area contributed by atoms with Crippen LogP contribution in [-0.2, 0) is 9.16 Å². The van der Waals surface area contributed by atoms with Crippen LogP contribution in [0.5, 0.6) is 0 Å². The van der Waals surface area contributed by atoms with Crippen LogP contribution in [-0.4, -0.2) is 51.3 Å². The van der Waals surface area contributed by atoms with Crippen LogP contribution in [0.2, 0.25) is 18.1 Å².